The molecule has 0 amide bonds. The largest absolute Gasteiger partial charge is 0.504 e. The summed E-state index contributed by atoms with van der Waals surface area (Å²) in [5.74, 6) is 0.00837. The van der Waals surface area contributed by atoms with Gasteiger partial charge in [-0.3, -0.25) is 0 Å². The number of hydrogen-bond donors (Lipinski definition) is 2. The number of phenolic OH excluding ortho intramolecular Hbond substituents is 2. The minimum Gasteiger partial charge on any atom is -0.504 e. The average molecular weight is 222 g/mol. The molecule has 0 aliphatic rings. The fourth-order valence-corrected chi connectivity index (χ4v) is 1.96. The molecule has 0 bridgehead atoms. The lowest BCUT2D eigenvalue weighted by Crippen LogP contribution is -1.94. The first-order valence-electron chi connectivity index (χ1n) is 6.22. The molecular formula is C14H22O2. The van der Waals surface area contributed by atoms with E-state index in [1.165, 1.54) is 24.0 Å². The molecule has 0 spiro atoms. The van der Waals surface area contributed by atoms with Gasteiger partial charge in [0.15, 0.2) is 11.5 Å². The average Bonchev–Trinajstić information content (AvgIpc) is 2.25. The first-order valence-corrected chi connectivity index (χ1v) is 6.22. The van der Waals surface area contributed by atoms with Gasteiger partial charge < -0.3 is 10.2 Å². The molecule has 0 heterocycles. The van der Waals surface area contributed by atoms with E-state index in [1.807, 2.05) is 0 Å². The van der Waals surface area contributed by atoms with Crippen LogP contribution >= 0.6 is 0 Å². The van der Waals surface area contributed by atoms with Crippen LogP contribution in [0, 0.1) is 0 Å². The zero-order valence-electron chi connectivity index (χ0n) is 10.3. The summed E-state index contributed by atoms with van der Waals surface area (Å²) in [6, 6.07) is 3.43. The second-order valence-electron chi connectivity index (χ2n) is 4.32. The normalized spacial score (nSPS) is 10.6. The summed E-state index contributed by atoms with van der Waals surface area (Å²) in [5, 5.41) is 19.0. The monoisotopic (exact) mass is 222 g/mol. The zero-order valence-corrected chi connectivity index (χ0v) is 10.3. The number of aryl methyl sites for hydroxylation is 2. The van der Waals surface area contributed by atoms with Crippen LogP contribution in [0.1, 0.15) is 50.7 Å². The quantitative estimate of drug-likeness (QED) is 0.568. The number of phenols is 2. The van der Waals surface area contributed by atoms with Crippen LogP contribution < -0.4 is 0 Å². The lowest BCUT2D eigenvalue weighted by Gasteiger charge is -2.10. The molecule has 1 aromatic carbocycles. The Bertz CT molecular complexity index is 332. The molecule has 90 valence electrons. The predicted octanol–water partition coefficient (Wildman–Crippen LogP) is 3.78. The van der Waals surface area contributed by atoms with E-state index in [1.54, 1.807) is 12.1 Å². The molecule has 0 atom stereocenters. The Morgan fingerprint density at radius 1 is 0.812 bits per heavy atom. The van der Waals surface area contributed by atoms with E-state index in [0.29, 0.717) is 0 Å². The highest BCUT2D eigenvalue weighted by molar-refractivity contribution is 5.45. The van der Waals surface area contributed by atoms with E-state index >= 15 is 0 Å². The van der Waals surface area contributed by atoms with E-state index in [2.05, 4.69) is 13.8 Å². The van der Waals surface area contributed by atoms with Crippen LogP contribution in [-0.4, -0.2) is 10.2 Å². The maximum Gasteiger partial charge on any atom is 0.157 e. The summed E-state index contributed by atoms with van der Waals surface area (Å²) in [7, 11) is 0. The van der Waals surface area contributed by atoms with Crippen LogP contribution in [0.4, 0.5) is 0 Å². The molecule has 1 aromatic rings. The summed E-state index contributed by atoms with van der Waals surface area (Å²) < 4.78 is 0. The van der Waals surface area contributed by atoms with Crippen molar-refractivity contribution in [2.75, 3.05) is 0 Å². The molecule has 2 N–H and O–H groups in total. The highest BCUT2D eigenvalue weighted by Crippen LogP contribution is 2.30. The first-order chi connectivity index (χ1) is 7.69. The fourth-order valence-electron chi connectivity index (χ4n) is 1.96. The minimum absolute atomic E-state index is 0.00249. The van der Waals surface area contributed by atoms with E-state index in [-0.39, 0.29) is 11.5 Å². The Morgan fingerprint density at radius 2 is 1.38 bits per heavy atom. The molecule has 0 aromatic heterocycles. The minimum atomic E-state index is 0.00249. The predicted molar refractivity (Wildman–Crippen MR) is 67.0 cm³/mol. The van der Waals surface area contributed by atoms with Gasteiger partial charge in [0.05, 0.1) is 0 Å². The Balaban J connectivity index is 2.82. The Kier molecular flexibility index (Phi) is 5.17. The molecule has 2 heteroatoms. The maximum atomic E-state index is 9.50. The third kappa shape index (κ3) is 3.44. The van der Waals surface area contributed by atoms with Gasteiger partial charge in [0.2, 0.25) is 0 Å². The van der Waals surface area contributed by atoms with Crippen molar-refractivity contribution >= 4 is 0 Å². The van der Waals surface area contributed by atoms with Crippen molar-refractivity contribution in [1.82, 2.24) is 0 Å². The standard InChI is InChI=1S/C14H22O2/c1-3-5-6-8-12-10-14(16)13(15)9-11(12)7-4-2/h9-10,15-16H,3-8H2,1-2H3. The summed E-state index contributed by atoms with van der Waals surface area (Å²) in [6.07, 6.45) is 6.59. The smallest absolute Gasteiger partial charge is 0.157 e. The Labute approximate surface area is 97.9 Å². The molecule has 0 aliphatic heterocycles. The van der Waals surface area contributed by atoms with E-state index < -0.39 is 0 Å². The topological polar surface area (TPSA) is 40.5 Å². The molecule has 1 rings (SSSR count). The zero-order chi connectivity index (χ0) is 12.0. The van der Waals surface area contributed by atoms with Gasteiger partial charge in [-0.15, -0.1) is 0 Å². The van der Waals surface area contributed by atoms with E-state index in [9.17, 15) is 10.2 Å². The van der Waals surface area contributed by atoms with Crippen LogP contribution in [-0.2, 0) is 12.8 Å². The SMILES string of the molecule is CCCCCc1cc(O)c(O)cc1CCC. The summed E-state index contributed by atoms with van der Waals surface area (Å²) in [6.45, 7) is 4.31. The van der Waals surface area contributed by atoms with Crippen molar-refractivity contribution in [1.29, 1.82) is 0 Å². The van der Waals surface area contributed by atoms with Crippen molar-refractivity contribution in [2.24, 2.45) is 0 Å². The third-order valence-corrected chi connectivity index (χ3v) is 2.87. The maximum absolute atomic E-state index is 9.50. The number of hydrogen-bond acceptors (Lipinski definition) is 2. The molecule has 0 saturated carbocycles. The van der Waals surface area contributed by atoms with Crippen molar-refractivity contribution in [2.45, 2.75) is 52.4 Å². The fraction of sp³-hybridized carbons (Fsp3) is 0.571. The van der Waals surface area contributed by atoms with Crippen molar-refractivity contribution < 1.29 is 10.2 Å². The second kappa shape index (κ2) is 6.41. The molecule has 0 aliphatic carbocycles. The Hall–Kier alpha value is -1.18. The molecule has 0 fully saturated rings. The highest BCUT2D eigenvalue weighted by Gasteiger charge is 2.07. The summed E-state index contributed by atoms with van der Waals surface area (Å²) >= 11 is 0. The van der Waals surface area contributed by atoms with Gasteiger partial charge in [-0.2, -0.15) is 0 Å². The van der Waals surface area contributed by atoms with Gasteiger partial charge in [0.1, 0.15) is 0 Å². The van der Waals surface area contributed by atoms with Gasteiger partial charge in [-0.25, -0.2) is 0 Å². The first kappa shape index (κ1) is 12.9. The summed E-state index contributed by atoms with van der Waals surface area (Å²) in [4.78, 5) is 0. The molecule has 16 heavy (non-hydrogen) atoms. The third-order valence-electron chi connectivity index (χ3n) is 2.87. The van der Waals surface area contributed by atoms with Crippen LogP contribution in [0.15, 0.2) is 12.1 Å². The molecule has 0 unspecified atom stereocenters. The van der Waals surface area contributed by atoms with Gasteiger partial charge in [-0.05, 0) is 42.5 Å². The van der Waals surface area contributed by atoms with Gasteiger partial charge in [0.25, 0.3) is 0 Å². The highest BCUT2D eigenvalue weighted by atomic mass is 16.3. The lowest BCUT2D eigenvalue weighted by molar-refractivity contribution is 0.402. The van der Waals surface area contributed by atoms with E-state index in [0.717, 1.165) is 25.7 Å². The van der Waals surface area contributed by atoms with Crippen molar-refractivity contribution in [3.63, 3.8) is 0 Å². The lowest BCUT2D eigenvalue weighted by atomic mass is 9.97. The molecule has 0 radical (unpaired) electrons. The molecule has 2 nitrogen and oxygen atoms in total. The number of aromatic hydroxyl groups is 2. The van der Waals surface area contributed by atoms with Crippen LogP contribution in [0.3, 0.4) is 0 Å². The van der Waals surface area contributed by atoms with Crippen LogP contribution in [0.2, 0.25) is 0 Å². The van der Waals surface area contributed by atoms with Gasteiger partial charge in [0, 0.05) is 0 Å². The van der Waals surface area contributed by atoms with Crippen LogP contribution in [0.25, 0.3) is 0 Å². The van der Waals surface area contributed by atoms with Gasteiger partial charge >= 0.3 is 0 Å². The molecule has 0 saturated heterocycles. The van der Waals surface area contributed by atoms with E-state index in [4.69, 9.17) is 0 Å². The number of benzene rings is 1. The van der Waals surface area contributed by atoms with Gasteiger partial charge in [-0.1, -0.05) is 33.1 Å². The van der Waals surface area contributed by atoms with Crippen molar-refractivity contribution in [3.05, 3.63) is 23.3 Å². The summed E-state index contributed by atoms with van der Waals surface area (Å²) in [5.41, 5.74) is 2.36. The number of unbranched alkanes of at least 4 members (excludes halogenated alkanes) is 2. The Morgan fingerprint density at radius 3 is 1.88 bits per heavy atom. The van der Waals surface area contributed by atoms with Crippen LogP contribution in [0.5, 0.6) is 11.5 Å². The second-order valence-corrected chi connectivity index (χ2v) is 4.32. The van der Waals surface area contributed by atoms with Crippen molar-refractivity contribution in [3.8, 4) is 11.5 Å². The number of rotatable bonds is 6. The molecular weight excluding hydrogens is 200 g/mol.